The van der Waals surface area contributed by atoms with Gasteiger partial charge in [0.25, 0.3) is 0 Å². The van der Waals surface area contributed by atoms with Crippen LogP contribution in [-0.2, 0) is 23.8 Å². The molecule has 0 aromatic heterocycles. The normalized spacial score (nSPS) is 12.5. The minimum absolute atomic E-state index is 0.0797. The number of ether oxygens (including phenoxy) is 3. The van der Waals surface area contributed by atoms with E-state index >= 15 is 0 Å². The lowest BCUT2D eigenvalue weighted by atomic mass is 10.1. The summed E-state index contributed by atoms with van der Waals surface area (Å²) in [6.45, 7) is 7.66. The minimum atomic E-state index is -0.532. The number of allylic oxidation sites excluding steroid dienone is 6. The Morgan fingerprint density at radius 3 is 1.50 bits per heavy atom. The van der Waals surface area contributed by atoms with Gasteiger partial charge in [0, 0.05) is 19.4 Å². The molecule has 1 unspecified atom stereocenters. The van der Waals surface area contributed by atoms with Crippen LogP contribution in [0.1, 0.15) is 201 Å². The molecule has 0 heterocycles. The second-order valence-corrected chi connectivity index (χ2v) is 13.5. The first kappa shape index (κ1) is 46.1. The van der Waals surface area contributed by atoms with E-state index in [1.54, 1.807) is 0 Å². The highest BCUT2D eigenvalue weighted by atomic mass is 16.6. The molecule has 0 saturated carbocycles. The molecule has 0 aromatic carbocycles. The Morgan fingerprint density at radius 1 is 0.479 bits per heavy atom. The highest BCUT2D eigenvalue weighted by molar-refractivity contribution is 5.70. The maximum absolute atomic E-state index is 12.6. The predicted molar refractivity (Wildman–Crippen MR) is 205 cm³/mol. The molecule has 0 N–H and O–H groups in total. The maximum atomic E-state index is 12.6. The van der Waals surface area contributed by atoms with E-state index < -0.39 is 6.10 Å². The zero-order chi connectivity index (χ0) is 35.0. The standard InChI is InChI=1S/C43H78O5/c1-4-7-10-13-16-18-20-21-22-23-25-26-28-30-33-36-42(44)47-40-41(39-46-38-35-32-15-12-9-6-3)48-43(45)37-34-31-29-27-24-19-17-14-11-8-5-2/h7,10,16,18,21-22,41H,4-6,8-9,11-15,17,19-20,23-40H2,1-3H3/b10-7-,18-16-,22-21-. The van der Waals surface area contributed by atoms with Crippen molar-refractivity contribution in [3.8, 4) is 0 Å². The first-order valence-corrected chi connectivity index (χ1v) is 20.5. The van der Waals surface area contributed by atoms with Crippen LogP contribution < -0.4 is 0 Å². The summed E-state index contributed by atoms with van der Waals surface area (Å²) in [5.41, 5.74) is 0. The molecule has 0 aliphatic rings. The molecule has 0 radical (unpaired) electrons. The van der Waals surface area contributed by atoms with Crippen LogP contribution in [0.4, 0.5) is 0 Å². The van der Waals surface area contributed by atoms with Crippen LogP contribution in [0, 0.1) is 0 Å². The van der Waals surface area contributed by atoms with Crippen LogP contribution in [0.2, 0.25) is 0 Å². The average Bonchev–Trinajstić information content (AvgIpc) is 3.08. The summed E-state index contributed by atoms with van der Waals surface area (Å²) in [5, 5.41) is 0. The van der Waals surface area contributed by atoms with Gasteiger partial charge >= 0.3 is 11.9 Å². The molecule has 48 heavy (non-hydrogen) atoms. The fourth-order valence-corrected chi connectivity index (χ4v) is 5.64. The van der Waals surface area contributed by atoms with Crippen molar-refractivity contribution in [1.82, 2.24) is 0 Å². The van der Waals surface area contributed by atoms with Crippen molar-refractivity contribution >= 4 is 11.9 Å². The van der Waals surface area contributed by atoms with Gasteiger partial charge in [-0.1, -0.05) is 173 Å². The van der Waals surface area contributed by atoms with Gasteiger partial charge in [-0.05, 0) is 51.4 Å². The number of hydrogen-bond acceptors (Lipinski definition) is 5. The fourth-order valence-electron chi connectivity index (χ4n) is 5.64. The first-order valence-electron chi connectivity index (χ1n) is 20.5. The second-order valence-electron chi connectivity index (χ2n) is 13.5. The molecule has 0 aromatic rings. The van der Waals surface area contributed by atoms with Crippen molar-refractivity contribution in [2.45, 2.75) is 207 Å². The third-order valence-electron chi connectivity index (χ3n) is 8.69. The van der Waals surface area contributed by atoms with E-state index in [0.29, 0.717) is 19.4 Å². The van der Waals surface area contributed by atoms with E-state index in [0.717, 1.165) is 70.6 Å². The Balaban J connectivity index is 4.16. The van der Waals surface area contributed by atoms with Gasteiger partial charge in [-0.2, -0.15) is 0 Å². The third-order valence-corrected chi connectivity index (χ3v) is 8.69. The Bertz CT molecular complexity index is 771. The Morgan fingerprint density at radius 2 is 0.938 bits per heavy atom. The van der Waals surface area contributed by atoms with E-state index in [4.69, 9.17) is 14.2 Å². The fraction of sp³-hybridized carbons (Fsp3) is 0.814. The summed E-state index contributed by atoms with van der Waals surface area (Å²) < 4.78 is 17.1. The van der Waals surface area contributed by atoms with Gasteiger partial charge in [0.2, 0.25) is 0 Å². The lowest BCUT2D eigenvalue weighted by molar-refractivity contribution is -0.163. The van der Waals surface area contributed by atoms with Crippen molar-refractivity contribution in [3.63, 3.8) is 0 Å². The van der Waals surface area contributed by atoms with Gasteiger partial charge < -0.3 is 14.2 Å². The Hall–Kier alpha value is -1.88. The zero-order valence-electron chi connectivity index (χ0n) is 32.0. The van der Waals surface area contributed by atoms with Crippen LogP contribution in [0.5, 0.6) is 0 Å². The van der Waals surface area contributed by atoms with Gasteiger partial charge in [0.05, 0.1) is 6.61 Å². The molecule has 5 nitrogen and oxygen atoms in total. The lowest BCUT2D eigenvalue weighted by Crippen LogP contribution is -2.30. The largest absolute Gasteiger partial charge is 0.462 e. The van der Waals surface area contributed by atoms with Crippen LogP contribution in [-0.4, -0.2) is 37.9 Å². The summed E-state index contributed by atoms with van der Waals surface area (Å²) in [6, 6.07) is 0. The maximum Gasteiger partial charge on any atom is 0.306 e. The van der Waals surface area contributed by atoms with E-state index in [1.807, 2.05) is 0 Å². The number of hydrogen-bond donors (Lipinski definition) is 0. The predicted octanol–water partition coefficient (Wildman–Crippen LogP) is 13.1. The SMILES string of the molecule is CC/C=C\C/C=C\C/C=C\CCCCCCCC(=O)OCC(COCCCCCCCC)OC(=O)CCCCCCCCCCCCC. The van der Waals surface area contributed by atoms with Crippen LogP contribution >= 0.6 is 0 Å². The number of rotatable bonds is 37. The molecule has 5 heteroatoms. The summed E-state index contributed by atoms with van der Waals surface area (Å²) in [5.74, 6) is -0.417. The molecule has 0 rings (SSSR count). The molecule has 0 fully saturated rings. The van der Waals surface area contributed by atoms with E-state index in [9.17, 15) is 9.59 Å². The number of carbonyl (C=O) groups is 2. The molecule has 280 valence electrons. The van der Waals surface area contributed by atoms with E-state index in [-0.39, 0.29) is 25.2 Å². The van der Waals surface area contributed by atoms with Crippen molar-refractivity contribution in [2.75, 3.05) is 19.8 Å². The van der Waals surface area contributed by atoms with Gasteiger partial charge in [-0.15, -0.1) is 0 Å². The van der Waals surface area contributed by atoms with Crippen molar-refractivity contribution in [1.29, 1.82) is 0 Å². The second kappa shape index (κ2) is 39.6. The summed E-state index contributed by atoms with van der Waals surface area (Å²) in [4.78, 5) is 25.0. The quantitative estimate of drug-likeness (QED) is 0.0373. The van der Waals surface area contributed by atoms with Crippen molar-refractivity contribution in [2.24, 2.45) is 0 Å². The molecule has 0 aliphatic carbocycles. The average molecular weight is 675 g/mol. The lowest BCUT2D eigenvalue weighted by Gasteiger charge is -2.18. The highest BCUT2D eigenvalue weighted by Crippen LogP contribution is 2.13. The Labute approximate surface area is 298 Å². The first-order chi connectivity index (χ1) is 23.6. The molecular formula is C43H78O5. The number of unbranched alkanes of at least 4 members (excludes halogenated alkanes) is 20. The van der Waals surface area contributed by atoms with E-state index in [2.05, 4.69) is 57.2 Å². The monoisotopic (exact) mass is 675 g/mol. The van der Waals surface area contributed by atoms with Crippen molar-refractivity contribution < 1.29 is 23.8 Å². The Kier molecular flexibility index (Phi) is 38.0. The van der Waals surface area contributed by atoms with Crippen LogP contribution in [0.3, 0.4) is 0 Å². The number of esters is 2. The summed E-state index contributed by atoms with van der Waals surface area (Å²) in [6.07, 6.45) is 44.3. The van der Waals surface area contributed by atoms with Gasteiger partial charge in [0.1, 0.15) is 6.61 Å². The van der Waals surface area contributed by atoms with Crippen molar-refractivity contribution in [3.05, 3.63) is 36.5 Å². The molecule has 0 bridgehead atoms. The van der Waals surface area contributed by atoms with E-state index in [1.165, 1.54) is 96.3 Å². The zero-order valence-corrected chi connectivity index (χ0v) is 32.0. The molecule has 0 spiro atoms. The minimum Gasteiger partial charge on any atom is -0.462 e. The van der Waals surface area contributed by atoms with Gasteiger partial charge in [-0.3, -0.25) is 9.59 Å². The molecule has 0 amide bonds. The number of carbonyl (C=O) groups excluding carboxylic acids is 2. The summed E-state index contributed by atoms with van der Waals surface area (Å²) in [7, 11) is 0. The third kappa shape index (κ3) is 36.9. The van der Waals surface area contributed by atoms with Crippen LogP contribution in [0.25, 0.3) is 0 Å². The van der Waals surface area contributed by atoms with Crippen LogP contribution in [0.15, 0.2) is 36.5 Å². The molecular weight excluding hydrogens is 596 g/mol. The van der Waals surface area contributed by atoms with Gasteiger partial charge in [0.15, 0.2) is 6.10 Å². The molecule has 1 atom stereocenters. The van der Waals surface area contributed by atoms with Gasteiger partial charge in [-0.25, -0.2) is 0 Å². The summed E-state index contributed by atoms with van der Waals surface area (Å²) >= 11 is 0. The smallest absolute Gasteiger partial charge is 0.306 e. The molecule has 0 saturated heterocycles. The highest BCUT2D eigenvalue weighted by Gasteiger charge is 2.17. The topological polar surface area (TPSA) is 61.8 Å². The molecule has 0 aliphatic heterocycles.